The molecule has 0 saturated heterocycles. The zero-order chi connectivity index (χ0) is 12.1. The number of hydrogen-bond donors (Lipinski definition) is 1. The molecule has 0 aliphatic carbocycles. The maximum absolute atomic E-state index is 11.7. The van der Waals surface area contributed by atoms with Crippen LogP contribution in [0.4, 0.5) is 5.69 Å². The van der Waals surface area contributed by atoms with Crippen molar-refractivity contribution in [3.63, 3.8) is 0 Å². The summed E-state index contributed by atoms with van der Waals surface area (Å²) in [5.74, 6) is 0.107. The molecule has 1 aromatic rings. The van der Waals surface area contributed by atoms with Crippen LogP contribution < -0.4 is 5.32 Å². The van der Waals surface area contributed by atoms with Crippen LogP contribution in [0, 0.1) is 6.92 Å². The largest absolute Gasteiger partial charge is 0.376 e. The van der Waals surface area contributed by atoms with Gasteiger partial charge in [0.25, 0.3) is 0 Å². The Balaban J connectivity index is 2.46. The minimum atomic E-state index is 0.107. The van der Waals surface area contributed by atoms with E-state index in [1.165, 1.54) is 5.56 Å². The number of aryl methyl sites for hydroxylation is 1. The molecule has 0 heterocycles. The van der Waals surface area contributed by atoms with Gasteiger partial charge in [-0.15, -0.1) is 0 Å². The summed E-state index contributed by atoms with van der Waals surface area (Å²) < 4.78 is 0. The fraction of sp³-hybridized carbons (Fsp3) is 0.462. The standard InChI is InChI=1S/C13H20N2O/c1-10(2)15(4)13(16)9-14-12-7-5-11(3)6-8-12/h5-8,10,14H,9H2,1-4H3. The third kappa shape index (κ3) is 3.57. The molecule has 3 nitrogen and oxygen atoms in total. The lowest BCUT2D eigenvalue weighted by molar-refractivity contribution is -0.129. The maximum atomic E-state index is 11.7. The van der Waals surface area contributed by atoms with Crippen molar-refractivity contribution in [1.82, 2.24) is 4.90 Å². The van der Waals surface area contributed by atoms with Crippen LogP contribution in [0.25, 0.3) is 0 Å². The number of carbonyl (C=O) groups is 1. The summed E-state index contributed by atoms with van der Waals surface area (Å²) in [5.41, 5.74) is 2.20. The van der Waals surface area contributed by atoms with Crippen LogP contribution in [0.2, 0.25) is 0 Å². The Morgan fingerprint density at radius 2 is 1.88 bits per heavy atom. The number of nitrogens with one attached hydrogen (secondary N) is 1. The monoisotopic (exact) mass is 220 g/mol. The second kappa shape index (κ2) is 5.54. The van der Waals surface area contributed by atoms with E-state index >= 15 is 0 Å². The molecule has 1 aromatic carbocycles. The van der Waals surface area contributed by atoms with Crippen LogP contribution >= 0.6 is 0 Å². The fourth-order valence-electron chi connectivity index (χ4n) is 1.26. The summed E-state index contributed by atoms with van der Waals surface area (Å²) in [7, 11) is 1.82. The van der Waals surface area contributed by atoms with Gasteiger partial charge in [0.1, 0.15) is 0 Å². The minimum Gasteiger partial charge on any atom is -0.376 e. The number of likely N-dealkylation sites (N-methyl/N-ethyl adjacent to an activating group) is 1. The average Bonchev–Trinajstić information content (AvgIpc) is 2.26. The van der Waals surface area contributed by atoms with Gasteiger partial charge in [0.2, 0.25) is 5.91 Å². The van der Waals surface area contributed by atoms with E-state index in [0.717, 1.165) is 5.69 Å². The number of nitrogens with zero attached hydrogens (tertiary/aromatic N) is 1. The first-order valence-electron chi connectivity index (χ1n) is 5.57. The molecule has 1 amide bonds. The van der Waals surface area contributed by atoms with Crippen LogP contribution in [0.15, 0.2) is 24.3 Å². The Kier molecular flexibility index (Phi) is 4.35. The summed E-state index contributed by atoms with van der Waals surface area (Å²) in [6, 6.07) is 8.26. The number of carbonyl (C=O) groups excluding carboxylic acids is 1. The maximum Gasteiger partial charge on any atom is 0.241 e. The number of benzene rings is 1. The minimum absolute atomic E-state index is 0.107. The van der Waals surface area contributed by atoms with E-state index < -0.39 is 0 Å². The van der Waals surface area contributed by atoms with Crippen molar-refractivity contribution in [1.29, 1.82) is 0 Å². The topological polar surface area (TPSA) is 32.3 Å². The molecule has 0 radical (unpaired) electrons. The lowest BCUT2D eigenvalue weighted by Gasteiger charge is -2.21. The molecule has 3 heteroatoms. The van der Waals surface area contributed by atoms with Crippen molar-refractivity contribution in [3.8, 4) is 0 Å². The molecule has 0 aromatic heterocycles. The van der Waals surface area contributed by atoms with Crippen molar-refractivity contribution in [2.75, 3.05) is 18.9 Å². The first-order chi connectivity index (χ1) is 7.50. The Labute approximate surface area is 97.5 Å². The van der Waals surface area contributed by atoms with Gasteiger partial charge in [0.05, 0.1) is 6.54 Å². The molecule has 0 bridgehead atoms. The first-order valence-corrected chi connectivity index (χ1v) is 5.57. The second-order valence-electron chi connectivity index (χ2n) is 4.32. The van der Waals surface area contributed by atoms with E-state index in [4.69, 9.17) is 0 Å². The zero-order valence-electron chi connectivity index (χ0n) is 10.4. The quantitative estimate of drug-likeness (QED) is 0.844. The molecular weight excluding hydrogens is 200 g/mol. The average molecular weight is 220 g/mol. The summed E-state index contributed by atoms with van der Waals surface area (Å²) in [5, 5.41) is 3.12. The Bertz CT molecular complexity index is 343. The van der Waals surface area contributed by atoms with E-state index in [9.17, 15) is 4.79 Å². The predicted molar refractivity (Wildman–Crippen MR) is 67.6 cm³/mol. The number of rotatable bonds is 4. The Hall–Kier alpha value is -1.51. The molecule has 1 rings (SSSR count). The van der Waals surface area contributed by atoms with Crippen molar-refractivity contribution in [3.05, 3.63) is 29.8 Å². The molecule has 0 fully saturated rings. The Morgan fingerprint density at radius 3 is 2.38 bits per heavy atom. The zero-order valence-corrected chi connectivity index (χ0v) is 10.4. The highest BCUT2D eigenvalue weighted by Crippen LogP contribution is 2.08. The van der Waals surface area contributed by atoms with Crippen LogP contribution in [0.3, 0.4) is 0 Å². The van der Waals surface area contributed by atoms with Crippen molar-refractivity contribution in [2.24, 2.45) is 0 Å². The highest BCUT2D eigenvalue weighted by molar-refractivity contribution is 5.80. The second-order valence-corrected chi connectivity index (χ2v) is 4.32. The molecule has 0 atom stereocenters. The molecule has 0 aliphatic rings. The van der Waals surface area contributed by atoms with Gasteiger partial charge in [-0.3, -0.25) is 4.79 Å². The fourth-order valence-corrected chi connectivity index (χ4v) is 1.26. The van der Waals surface area contributed by atoms with E-state index in [1.807, 2.05) is 52.1 Å². The molecular formula is C13H20N2O. The van der Waals surface area contributed by atoms with Crippen LogP contribution in [-0.4, -0.2) is 30.4 Å². The Morgan fingerprint density at radius 1 is 1.31 bits per heavy atom. The van der Waals surface area contributed by atoms with Gasteiger partial charge in [-0.1, -0.05) is 17.7 Å². The molecule has 16 heavy (non-hydrogen) atoms. The van der Waals surface area contributed by atoms with E-state index in [2.05, 4.69) is 5.32 Å². The van der Waals surface area contributed by atoms with Crippen molar-refractivity contribution in [2.45, 2.75) is 26.8 Å². The third-order valence-electron chi connectivity index (χ3n) is 2.66. The van der Waals surface area contributed by atoms with Crippen molar-refractivity contribution >= 4 is 11.6 Å². The molecule has 88 valence electrons. The van der Waals surface area contributed by atoms with Gasteiger partial charge in [-0.2, -0.15) is 0 Å². The molecule has 0 saturated carbocycles. The van der Waals surface area contributed by atoms with Gasteiger partial charge in [-0.05, 0) is 32.9 Å². The van der Waals surface area contributed by atoms with E-state index in [-0.39, 0.29) is 11.9 Å². The lowest BCUT2D eigenvalue weighted by Crippen LogP contribution is -2.37. The van der Waals surface area contributed by atoms with Crippen LogP contribution in [0.1, 0.15) is 19.4 Å². The van der Waals surface area contributed by atoms with Crippen LogP contribution in [0.5, 0.6) is 0 Å². The summed E-state index contributed by atoms with van der Waals surface area (Å²) in [6.45, 7) is 6.40. The highest BCUT2D eigenvalue weighted by atomic mass is 16.2. The smallest absolute Gasteiger partial charge is 0.241 e. The highest BCUT2D eigenvalue weighted by Gasteiger charge is 2.10. The SMILES string of the molecule is Cc1ccc(NCC(=O)N(C)C(C)C)cc1. The lowest BCUT2D eigenvalue weighted by atomic mass is 10.2. The predicted octanol–water partition coefficient (Wildman–Crippen LogP) is 2.27. The van der Waals surface area contributed by atoms with Gasteiger partial charge < -0.3 is 10.2 Å². The summed E-state index contributed by atoms with van der Waals surface area (Å²) in [4.78, 5) is 13.4. The first kappa shape index (κ1) is 12.6. The van der Waals surface area contributed by atoms with E-state index in [0.29, 0.717) is 6.54 Å². The third-order valence-corrected chi connectivity index (χ3v) is 2.66. The van der Waals surface area contributed by atoms with Gasteiger partial charge in [-0.25, -0.2) is 0 Å². The summed E-state index contributed by atoms with van der Waals surface area (Å²) in [6.07, 6.45) is 0. The van der Waals surface area contributed by atoms with Gasteiger partial charge in [0, 0.05) is 18.8 Å². The van der Waals surface area contributed by atoms with Gasteiger partial charge >= 0.3 is 0 Å². The van der Waals surface area contributed by atoms with E-state index in [1.54, 1.807) is 4.90 Å². The van der Waals surface area contributed by atoms with Crippen molar-refractivity contribution < 1.29 is 4.79 Å². The molecule has 0 unspecified atom stereocenters. The number of hydrogen-bond acceptors (Lipinski definition) is 2. The number of anilines is 1. The number of amides is 1. The summed E-state index contributed by atoms with van der Waals surface area (Å²) >= 11 is 0. The molecule has 1 N–H and O–H groups in total. The molecule has 0 aliphatic heterocycles. The molecule has 0 spiro atoms. The van der Waals surface area contributed by atoms with Gasteiger partial charge in [0.15, 0.2) is 0 Å². The normalized spacial score (nSPS) is 10.3. The van der Waals surface area contributed by atoms with Crippen LogP contribution in [-0.2, 0) is 4.79 Å².